The van der Waals surface area contributed by atoms with Crippen LogP contribution in [0.15, 0.2) is 18.2 Å². The fraction of sp³-hybridized carbons (Fsp3) is 0.533. The molecule has 1 aromatic rings. The molecular formula is C15H20N2O. The monoisotopic (exact) mass is 244 g/mol. The molecule has 0 aliphatic carbocycles. The molecule has 0 aromatic heterocycles. The van der Waals surface area contributed by atoms with Crippen LogP contribution in [0.2, 0.25) is 0 Å². The first-order valence-corrected chi connectivity index (χ1v) is 6.58. The van der Waals surface area contributed by atoms with Crippen LogP contribution in [-0.2, 0) is 6.61 Å². The van der Waals surface area contributed by atoms with Crippen molar-refractivity contribution < 1.29 is 5.11 Å². The van der Waals surface area contributed by atoms with Crippen molar-refractivity contribution in [3.8, 4) is 6.07 Å². The van der Waals surface area contributed by atoms with Gasteiger partial charge in [0.15, 0.2) is 0 Å². The molecule has 0 spiro atoms. The fourth-order valence-electron chi connectivity index (χ4n) is 2.81. The summed E-state index contributed by atoms with van der Waals surface area (Å²) in [5.74, 6) is 0.594. The van der Waals surface area contributed by atoms with E-state index in [9.17, 15) is 5.26 Å². The number of hydrogen-bond donors (Lipinski definition) is 1. The first-order chi connectivity index (χ1) is 8.67. The van der Waals surface area contributed by atoms with Gasteiger partial charge in [0.2, 0.25) is 0 Å². The highest BCUT2D eigenvalue weighted by molar-refractivity contribution is 5.61. The Morgan fingerprint density at radius 3 is 2.89 bits per heavy atom. The van der Waals surface area contributed by atoms with Crippen molar-refractivity contribution in [2.45, 2.75) is 39.3 Å². The molecule has 1 aromatic carbocycles. The topological polar surface area (TPSA) is 47.3 Å². The SMILES string of the molecule is CC(C)C1CCCN1c1ccc(CO)cc1C#N. The van der Waals surface area contributed by atoms with Gasteiger partial charge in [-0.15, -0.1) is 0 Å². The zero-order valence-corrected chi connectivity index (χ0v) is 11.1. The van der Waals surface area contributed by atoms with Crippen LogP contribution in [0.5, 0.6) is 0 Å². The van der Waals surface area contributed by atoms with Gasteiger partial charge in [0.1, 0.15) is 6.07 Å². The largest absolute Gasteiger partial charge is 0.392 e. The quantitative estimate of drug-likeness (QED) is 0.889. The van der Waals surface area contributed by atoms with Crippen molar-refractivity contribution in [2.75, 3.05) is 11.4 Å². The maximum absolute atomic E-state index is 9.27. The highest BCUT2D eigenvalue weighted by Gasteiger charge is 2.28. The van der Waals surface area contributed by atoms with Crippen LogP contribution in [0.4, 0.5) is 5.69 Å². The van der Waals surface area contributed by atoms with Gasteiger partial charge in [0, 0.05) is 12.6 Å². The lowest BCUT2D eigenvalue weighted by Crippen LogP contribution is -2.33. The average molecular weight is 244 g/mol. The molecule has 3 heteroatoms. The molecule has 3 nitrogen and oxygen atoms in total. The molecule has 1 fully saturated rings. The maximum atomic E-state index is 9.27. The standard InChI is InChI=1S/C15H20N2O/c1-11(2)14-4-3-7-17(14)15-6-5-12(10-18)8-13(15)9-16/h5-6,8,11,14,18H,3-4,7,10H2,1-2H3. The minimum Gasteiger partial charge on any atom is -0.392 e. The molecular weight excluding hydrogens is 224 g/mol. The van der Waals surface area contributed by atoms with E-state index >= 15 is 0 Å². The summed E-state index contributed by atoms with van der Waals surface area (Å²) in [6, 6.07) is 8.46. The van der Waals surface area contributed by atoms with Crippen LogP contribution in [0.3, 0.4) is 0 Å². The summed E-state index contributed by atoms with van der Waals surface area (Å²) < 4.78 is 0. The minimum absolute atomic E-state index is 0.0113. The highest BCUT2D eigenvalue weighted by Crippen LogP contribution is 2.32. The number of nitriles is 1. The van der Waals surface area contributed by atoms with Gasteiger partial charge in [-0.1, -0.05) is 19.9 Å². The highest BCUT2D eigenvalue weighted by atomic mass is 16.3. The van der Waals surface area contributed by atoms with Crippen LogP contribution < -0.4 is 4.90 Å². The van der Waals surface area contributed by atoms with E-state index in [-0.39, 0.29) is 6.61 Å². The van der Waals surface area contributed by atoms with Gasteiger partial charge in [-0.3, -0.25) is 0 Å². The first kappa shape index (κ1) is 12.9. The molecule has 1 N–H and O–H groups in total. The Balaban J connectivity index is 2.36. The van der Waals surface area contributed by atoms with E-state index in [1.54, 1.807) is 6.07 Å². The summed E-state index contributed by atoms with van der Waals surface area (Å²) in [6.07, 6.45) is 2.39. The third kappa shape index (κ3) is 2.34. The number of aliphatic hydroxyl groups excluding tert-OH is 1. The van der Waals surface area contributed by atoms with E-state index in [1.807, 2.05) is 12.1 Å². The van der Waals surface area contributed by atoms with Crippen LogP contribution in [-0.4, -0.2) is 17.7 Å². The Morgan fingerprint density at radius 2 is 2.28 bits per heavy atom. The van der Waals surface area contributed by atoms with Crippen molar-refractivity contribution in [1.82, 2.24) is 0 Å². The molecule has 1 aliphatic rings. The van der Waals surface area contributed by atoms with Gasteiger partial charge in [-0.05, 0) is 36.5 Å². The lowest BCUT2D eigenvalue weighted by molar-refractivity contribution is 0.282. The van der Waals surface area contributed by atoms with Crippen molar-refractivity contribution in [3.63, 3.8) is 0 Å². The molecule has 2 rings (SSSR count). The van der Waals surface area contributed by atoms with Crippen molar-refractivity contribution in [2.24, 2.45) is 5.92 Å². The Hall–Kier alpha value is -1.53. The predicted molar refractivity (Wildman–Crippen MR) is 72.3 cm³/mol. The number of benzene rings is 1. The number of rotatable bonds is 3. The van der Waals surface area contributed by atoms with Gasteiger partial charge in [0.25, 0.3) is 0 Å². The first-order valence-electron chi connectivity index (χ1n) is 6.58. The second-order valence-corrected chi connectivity index (χ2v) is 5.27. The van der Waals surface area contributed by atoms with Gasteiger partial charge in [-0.25, -0.2) is 0 Å². The third-order valence-corrected chi connectivity index (χ3v) is 3.74. The molecule has 1 heterocycles. The van der Waals surface area contributed by atoms with Gasteiger partial charge in [0.05, 0.1) is 17.9 Å². The summed E-state index contributed by atoms with van der Waals surface area (Å²) in [5, 5.41) is 18.4. The minimum atomic E-state index is -0.0113. The zero-order chi connectivity index (χ0) is 13.1. The molecule has 1 aliphatic heterocycles. The van der Waals surface area contributed by atoms with E-state index in [0.717, 1.165) is 17.8 Å². The molecule has 1 unspecified atom stereocenters. The van der Waals surface area contributed by atoms with Crippen molar-refractivity contribution >= 4 is 5.69 Å². The smallest absolute Gasteiger partial charge is 0.101 e. The maximum Gasteiger partial charge on any atom is 0.101 e. The van der Waals surface area contributed by atoms with Crippen molar-refractivity contribution in [3.05, 3.63) is 29.3 Å². The third-order valence-electron chi connectivity index (χ3n) is 3.74. The fourth-order valence-corrected chi connectivity index (χ4v) is 2.81. The van der Waals surface area contributed by atoms with E-state index in [1.165, 1.54) is 12.8 Å². The van der Waals surface area contributed by atoms with E-state index in [4.69, 9.17) is 5.11 Å². The zero-order valence-electron chi connectivity index (χ0n) is 11.1. The molecule has 0 saturated carbocycles. The summed E-state index contributed by atoms with van der Waals surface area (Å²) in [7, 11) is 0. The second-order valence-electron chi connectivity index (χ2n) is 5.27. The summed E-state index contributed by atoms with van der Waals surface area (Å²) in [6.45, 7) is 5.48. The predicted octanol–water partition coefficient (Wildman–Crippen LogP) is 2.68. The summed E-state index contributed by atoms with van der Waals surface area (Å²) >= 11 is 0. The lowest BCUT2D eigenvalue weighted by Gasteiger charge is -2.30. The van der Waals surface area contributed by atoms with E-state index in [0.29, 0.717) is 17.5 Å². The Bertz CT molecular complexity index is 462. The average Bonchev–Trinajstić information content (AvgIpc) is 2.87. The molecule has 1 saturated heterocycles. The van der Waals surface area contributed by atoms with Gasteiger partial charge >= 0.3 is 0 Å². The normalized spacial score (nSPS) is 19.3. The van der Waals surface area contributed by atoms with Crippen LogP contribution >= 0.6 is 0 Å². The number of nitrogens with zero attached hydrogens (tertiary/aromatic N) is 2. The molecule has 1 atom stereocenters. The van der Waals surface area contributed by atoms with Crippen LogP contribution in [0.25, 0.3) is 0 Å². The molecule has 18 heavy (non-hydrogen) atoms. The number of aliphatic hydroxyl groups is 1. The summed E-state index contributed by atoms with van der Waals surface area (Å²) in [4.78, 5) is 2.35. The number of anilines is 1. The second kappa shape index (κ2) is 5.41. The van der Waals surface area contributed by atoms with Gasteiger partial charge in [-0.2, -0.15) is 5.26 Å². The molecule has 0 bridgehead atoms. The summed E-state index contributed by atoms with van der Waals surface area (Å²) in [5.41, 5.74) is 2.50. The Labute approximate surface area is 109 Å². The molecule has 96 valence electrons. The van der Waals surface area contributed by atoms with Crippen molar-refractivity contribution in [1.29, 1.82) is 5.26 Å². The van der Waals surface area contributed by atoms with Crippen LogP contribution in [0.1, 0.15) is 37.8 Å². The number of hydrogen-bond acceptors (Lipinski definition) is 3. The van der Waals surface area contributed by atoms with Crippen LogP contribution in [0, 0.1) is 17.2 Å². The van der Waals surface area contributed by atoms with E-state index in [2.05, 4.69) is 24.8 Å². The Morgan fingerprint density at radius 1 is 1.50 bits per heavy atom. The van der Waals surface area contributed by atoms with E-state index < -0.39 is 0 Å². The molecule has 0 amide bonds. The lowest BCUT2D eigenvalue weighted by atomic mass is 10.0. The Kier molecular flexibility index (Phi) is 3.88. The molecule has 0 radical (unpaired) electrons. The van der Waals surface area contributed by atoms with Gasteiger partial charge < -0.3 is 10.0 Å².